The molecule has 2 rings (SSSR count). The molecule has 0 fully saturated rings. The van der Waals surface area contributed by atoms with Crippen LogP contribution in [0.4, 0.5) is 11.6 Å². The minimum absolute atomic E-state index is 0.0643. The number of carbonyl (C=O) groups is 2. The summed E-state index contributed by atoms with van der Waals surface area (Å²) >= 11 is 3.30. The van der Waals surface area contributed by atoms with Gasteiger partial charge >= 0.3 is 5.97 Å². The zero-order valence-corrected chi connectivity index (χ0v) is 12.4. The highest BCUT2D eigenvalue weighted by Gasteiger charge is 2.10. The lowest BCUT2D eigenvalue weighted by atomic mass is 10.3. The van der Waals surface area contributed by atoms with E-state index in [0.29, 0.717) is 5.69 Å². The first kappa shape index (κ1) is 15.0. The molecule has 21 heavy (non-hydrogen) atoms. The molecule has 0 aliphatic carbocycles. The molecule has 0 aliphatic rings. The number of carbonyl (C=O) groups excluding carboxylic acids is 2. The van der Waals surface area contributed by atoms with E-state index in [0.717, 1.165) is 4.47 Å². The summed E-state index contributed by atoms with van der Waals surface area (Å²) in [5.41, 5.74) is 5.91. The van der Waals surface area contributed by atoms with Gasteiger partial charge in [-0.15, -0.1) is 5.10 Å². The summed E-state index contributed by atoms with van der Waals surface area (Å²) in [4.78, 5) is 26.8. The van der Waals surface area contributed by atoms with Gasteiger partial charge < -0.3 is 15.8 Å². The van der Waals surface area contributed by atoms with Crippen LogP contribution in [0.15, 0.2) is 35.1 Å². The van der Waals surface area contributed by atoms with Crippen LogP contribution in [0.3, 0.4) is 0 Å². The Morgan fingerprint density at radius 2 is 2.14 bits per heavy atom. The SMILES string of the molecule is Nc1ncn(CC(=O)OCC(=O)Nc2ccccc2Br)n1. The zero-order valence-electron chi connectivity index (χ0n) is 10.8. The largest absolute Gasteiger partial charge is 0.454 e. The number of hydrogen-bond donors (Lipinski definition) is 2. The van der Waals surface area contributed by atoms with Crippen molar-refractivity contribution < 1.29 is 14.3 Å². The van der Waals surface area contributed by atoms with Gasteiger partial charge in [-0.1, -0.05) is 12.1 Å². The molecule has 0 unspecified atom stereocenters. The normalized spacial score (nSPS) is 10.1. The summed E-state index contributed by atoms with van der Waals surface area (Å²) in [5.74, 6) is -0.981. The van der Waals surface area contributed by atoms with E-state index in [9.17, 15) is 9.59 Å². The first-order valence-corrected chi connectivity index (χ1v) is 6.69. The van der Waals surface area contributed by atoms with E-state index in [1.165, 1.54) is 11.0 Å². The van der Waals surface area contributed by atoms with Crippen LogP contribution in [0.1, 0.15) is 0 Å². The fraction of sp³-hybridized carbons (Fsp3) is 0.167. The summed E-state index contributed by atoms with van der Waals surface area (Å²) in [5, 5.41) is 6.35. The summed E-state index contributed by atoms with van der Waals surface area (Å²) in [7, 11) is 0. The van der Waals surface area contributed by atoms with E-state index < -0.39 is 11.9 Å². The summed E-state index contributed by atoms with van der Waals surface area (Å²) in [6.45, 7) is -0.545. The molecule has 0 atom stereocenters. The van der Waals surface area contributed by atoms with Crippen LogP contribution < -0.4 is 11.1 Å². The molecule has 0 radical (unpaired) electrons. The minimum atomic E-state index is -0.609. The van der Waals surface area contributed by atoms with Crippen LogP contribution in [0, 0.1) is 0 Å². The lowest BCUT2D eigenvalue weighted by Crippen LogP contribution is -2.23. The van der Waals surface area contributed by atoms with E-state index in [1.54, 1.807) is 18.2 Å². The number of halogens is 1. The number of nitrogens with two attached hydrogens (primary N) is 1. The number of hydrogen-bond acceptors (Lipinski definition) is 6. The van der Waals surface area contributed by atoms with Crippen LogP contribution in [-0.2, 0) is 20.9 Å². The Morgan fingerprint density at radius 1 is 1.38 bits per heavy atom. The Hall–Kier alpha value is -2.42. The topological polar surface area (TPSA) is 112 Å². The van der Waals surface area contributed by atoms with E-state index in [2.05, 4.69) is 31.3 Å². The van der Waals surface area contributed by atoms with Crippen molar-refractivity contribution in [2.45, 2.75) is 6.54 Å². The second-order valence-electron chi connectivity index (χ2n) is 3.99. The third kappa shape index (κ3) is 4.56. The number of nitrogens with one attached hydrogen (secondary N) is 1. The predicted octanol–water partition coefficient (Wildman–Crippen LogP) is 0.805. The highest BCUT2D eigenvalue weighted by molar-refractivity contribution is 9.10. The standard InChI is InChI=1S/C12H12BrN5O3/c13-8-3-1-2-4-9(8)16-10(19)6-21-11(20)5-18-7-15-12(14)17-18/h1-4,7H,5-6H2,(H2,14,17)(H,16,19). The molecule has 110 valence electrons. The van der Waals surface area contributed by atoms with Gasteiger partial charge in [-0.05, 0) is 28.1 Å². The Kier molecular flexibility index (Phi) is 4.88. The monoisotopic (exact) mass is 353 g/mol. The van der Waals surface area contributed by atoms with Gasteiger partial charge in [-0.25, -0.2) is 9.67 Å². The number of ether oxygens (including phenoxy) is 1. The van der Waals surface area contributed by atoms with Gasteiger partial charge in [0.15, 0.2) is 6.61 Å². The minimum Gasteiger partial charge on any atom is -0.454 e. The van der Waals surface area contributed by atoms with Crippen molar-refractivity contribution in [3.05, 3.63) is 35.1 Å². The first-order valence-electron chi connectivity index (χ1n) is 5.89. The Bertz CT molecular complexity index is 658. The number of esters is 1. The van der Waals surface area contributed by atoms with Gasteiger partial charge in [0.25, 0.3) is 5.91 Å². The number of para-hydroxylation sites is 1. The van der Waals surface area contributed by atoms with E-state index in [1.807, 2.05) is 6.07 Å². The van der Waals surface area contributed by atoms with Crippen molar-refractivity contribution >= 4 is 39.4 Å². The maximum Gasteiger partial charge on any atom is 0.328 e. The average Bonchev–Trinajstić information content (AvgIpc) is 2.84. The van der Waals surface area contributed by atoms with Gasteiger partial charge in [0.1, 0.15) is 12.9 Å². The number of nitrogen functional groups attached to an aromatic ring is 1. The summed E-state index contributed by atoms with van der Waals surface area (Å²) < 4.78 is 6.80. The number of amides is 1. The van der Waals surface area contributed by atoms with Crippen LogP contribution in [0.5, 0.6) is 0 Å². The van der Waals surface area contributed by atoms with Gasteiger partial charge in [0, 0.05) is 4.47 Å². The van der Waals surface area contributed by atoms with Crippen molar-refractivity contribution in [2.75, 3.05) is 17.7 Å². The van der Waals surface area contributed by atoms with E-state index in [-0.39, 0.29) is 19.1 Å². The molecule has 2 aromatic rings. The van der Waals surface area contributed by atoms with E-state index in [4.69, 9.17) is 10.5 Å². The maximum absolute atomic E-state index is 11.7. The fourth-order valence-corrected chi connectivity index (χ4v) is 1.84. The Labute approximate surface area is 128 Å². The summed E-state index contributed by atoms with van der Waals surface area (Å²) in [6.07, 6.45) is 1.30. The van der Waals surface area contributed by atoms with Gasteiger partial charge in [0.05, 0.1) is 5.69 Å². The van der Waals surface area contributed by atoms with Crippen molar-refractivity contribution in [3.63, 3.8) is 0 Å². The van der Waals surface area contributed by atoms with Crippen LogP contribution in [0.25, 0.3) is 0 Å². The van der Waals surface area contributed by atoms with Crippen molar-refractivity contribution in [2.24, 2.45) is 0 Å². The lowest BCUT2D eigenvalue weighted by Gasteiger charge is -2.07. The number of benzene rings is 1. The molecule has 1 aromatic heterocycles. The molecule has 0 aliphatic heterocycles. The van der Waals surface area contributed by atoms with Crippen molar-refractivity contribution in [1.29, 1.82) is 0 Å². The Morgan fingerprint density at radius 3 is 2.81 bits per heavy atom. The van der Waals surface area contributed by atoms with Crippen molar-refractivity contribution in [1.82, 2.24) is 14.8 Å². The highest BCUT2D eigenvalue weighted by Crippen LogP contribution is 2.20. The smallest absolute Gasteiger partial charge is 0.328 e. The second kappa shape index (κ2) is 6.84. The number of anilines is 2. The molecule has 1 amide bonds. The van der Waals surface area contributed by atoms with Crippen LogP contribution >= 0.6 is 15.9 Å². The highest BCUT2D eigenvalue weighted by atomic mass is 79.9. The van der Waals surface area contributed by atoms with Crippen LogP contribution in [-0.4, -0.2) is 33.2 Å². The average molecular weight is 354 g/mol. The van der Waals surface area contributed by atoms with Gasteiger partial charge in [0.2, 0.25) is 5.95 Å². The number of aromatic nitrogens is 3. The zero-order chi connectivity index (χ0) is 15.2. The first-order chi connectivity index (χ1) is 10.0. The molecule has 1 heterocycles. The van der Waals surface area contributed by atoms with Crippen LogP contribution in [0.2, 0.25) is 0 Å². The molecule has 0 saturated heterocycles. The predicted molar refractivity (Wildman–Crippen MR) is 78.2 cm³/mol. The molecule has 1 aromatic carbocycles. The molecule has 9 heteroatoms. The second-order valence-corrected chi connectivity index (χ2v) is 4.84. The van der Waals surface area contributed by atoms with E-state index >= 15 is 0 Å². The molecular weight excluding hydrogens is 342 g/mol. The molecule has 0 saturated carbocycles. The van der Waals surface area contributed by atoms with Gasteiger partial charge in [-0.2, -0.15) is 0 Å². The van der Waals surface area contributed by atoms with Crippen molar-refractivity contribution in [3.8, 4) is 0 Å². The molecule has 8 nitrogen and oxygen atoms in total. The molecule has 0 bridgehead atoms. The molecule has 0 spiro atoms. The number of rotatable bonds is 5. The quantitative estimate of drug-likeness (QED) is 0.769. The van der Waals surface area contributed by atoms with Gasteiger partial charge in [-0.3, -0.25) is 9.59 Å². The number of nitrogens with zero attached hydrogens (tertiary/aromatic N) is 3. The fourth-order valence-electron chi connectivity index (χ4n) is 1.46. The lowest BCUT2D eigenvalue weighted by molar-refractivity contribution is -0.148. The molecular formula is C12H12BrN5O3. The third-order valence-electron chi connectivity index (χ3n) is 2.36. The molecule has 3 N–H and O–H groups in total. The Balaban J connectivity index is 1.78. The maximum atomic E-state index is 11.7. The third-order valence-corrected chi connectivity index (χ3v) is 3.05. The summed E-state index contributed by atoms with van der Waals surface area (Å²) in [6, 6.07) is 7.11.